The van der Waals surface area contributed by atoms with Crippen LogP contribution in [0.4, 0.5) is 0 Å². The van der Waals surface area contributed by atoms with E-state index in [0.29, 0.717) is 6.61 Å². The van der Waals surface area contributed by atoms with Crippen molar-refractivity contribution in [3.8, 4) is 0 Å². The Bertz CT molecular complexity index is 273. The van der Waals surface area contributed by atoms with Crippen molar-refractivity contribution in [1.82, 2.24) is 0 Å². The first-order valence-electron chi connectivity index (χ1n) is 5.34. The van der Waals surface area contributed by atoms with Gasteiger partial charge in [-0.25, -0.2) is 0 Å². The molecule has 1 fully saturated rings. The molecule has 1 aliphatic heterocycles. The Hall–Kier alpha value is -0.390. The van der Waals surface area contributed by atoms with Crippen LogP contribution in [0.15, 0.2) is 30.3 Å². The summed E-state index contributed by atoms with van der Waals surface area (Å²) >= 11 is 0. The third-order valence-corrected chi connectivity index (χ3v) is 6.08. The second-order valence-corrected chi connectivity index (χ2v) is 6.47. The molecule has 1 aliphatic rings. The van der Waals surface area contributed by atoms with E-state index in [4.69, 9.17) is 5.11 Å². The highest BCUT2D eigenvalue weighted by molar-refractivity contribution is 7.66. The summed E-state index contributed by atoms with van der Waals surface area (Å²) in [6.07, 6.45) is 5.04. The molecule has 2 atom stereocenters. The van der Waals surface area contributed by atoms with Gasteiger partial charge in [-0.1, -0.05) is 38.3 Å². The minimum absolute atomic E-state index is 0.0305. The normalized spacial score (nSPS) is 26.6. The molecule has 0 saturated carbocycles. The molecule has 76 valence electrons. The number of hydrogen-bond donors (Lipinski definition) is 1. The minimum Gasteiger partial charge on any atom is -0.396 e. The van der Waals surface area contributed by atoms with E-state index in [0.717, 1.165) is 12.1 Å². The summed E-state index contributed by atoms with van der Waals surface area (Å²) in [6, 6.07) is 10.8. The second kappa shape index (κ2) is 4.91. The van der Waals surface area contributed by atoms with Gasteiger partial charge in [-0.3, -0.25) is 0 Å². The highest BCUT2D eigenvalue weighted by Gasteiger charge is 2.26. The Balaban J connectivity index is 2.10. The SMILES string of the molecule is OCC[C@H]1CCC[P@@]1c1ccccc1. The van der Waals surface area contributed by atoms with Gasteiger partial charge in [-0.05, 0) is 36.4 Å². The number of benzene rings is 1. The van der Waals surface area contributed by atoms with Crippen molar-refractivity contribution in [2.75, 3.05) is 12.8 Å². The van der Waals surface area contributed by atoms with Gasteiger partial charge in [-0.15, -0.1) is 0 Å². The van der Waals surface area contributed by atoms with Crippen LogP contribution < -0.4 is 5.30 Å². The van der Waals surface area contributed by atoms with Gasteiger partial charge in [0.05, 0.1) is 0 Å². The molecule has 1 heterocycles. The van der Waals surface area contributed by atoms with Gasteiger partial charge in [0.15, 0.2) is 0 Å². The van der Waals surface area contributed by atoms with Gasteiger partial charge >= 0.3 is 0 Å². The van der Waals surface area contributed by atoms with Crippen molar-refractivity contribution in [2.45, 2.75) is 24.9 Å². The van der Waals surface area contributed by atoms with E-state index < -0.39 is 0 Å². The van der Waals surface area contributed by atoms with E-state index in [-0.39, 0.29) is 7.92 Å². The molecule has 1 aromatic rings. The lowest BCUT2D eigenvalue weighted by molar-refractivity contribution is 0.286. The average molecular weight is 208 g/mol. The highest BCUT2D eigenvalue weighted by atomic mass is 31.1. The van der Waals surface area contributed by atoms with Crippen LogP contribution in [0.5, 0.6) is 0 Å². The summed E-state index contributed by atoms with van der Waals surface area (Å²) in [4.78, 5) is 0. The van der Waals surface area contributed by atoms with Crippen LogP contribution in [0.1, 0.15) is 19.3 Å². The first-order valence-corrected chi connectivity index (χ1v) is 6.94. The fraction of sp³-hybridized carbons (Fsp3) is 0.500. The second-order valence-electron chi connectivity index (χ2n) is 3.84. The fourth-order valence-electron chi connectivity index (χ4n) is 2.24. The molecule has 0 spiro atoms. The Kier molecular flexibility index (Phi) is 3.55. The van der Waals surface area contributed by atoms with Crippen molar-refractivity contribution in [2.24, 2.45) is 0 Å². The zero-order valence-corrected chi connectivity index (χ0v) is 9.29. The molecule has 1 aromatic carbocycles. The fourth-order valence-corrected chi connectivity index (χ4v) is 5.29. The average Bonchev–Trinajstić information content (AvgIpc) is 2.68. The molecular weight excluding hydrogens is 191 g/mol. The zero-order valence-electron chi connectivity index (χ0n) is 8.39. The van der Waals surface area contributed by atoms with Crippen molar-refractivity contribution in [3.63, 3.8) is 0 Å². The summed E-state index contributed by atoms with van der Waals surface area (Å²) in [5.41, 5.74) is 0.775. The molecule has 1 N–H and O–H groups in total. The van der Waals surface area contributed by atoms with Gasteiger partial charge in [0, 0.05) is 6.61 Å². The zero-order chi connectivity index (χ0) is 9.80. The van der Waals surface area contributed by atoms with Crippen molar-refractivity contribution < 1.29 is 5.11 Å². The quantitative estimate of drug-likeness (QED) is 0.756. The molecule has 2 rings (SSSR count). The maximum Gasteiger partial charge on any atom is 0.0437 e. The van der Waals surface area contributed by atoms with Crippen LogP contribution in [0.3, 0.4) is 0 Å². The van der Waals surface area contributed by atoms with E-state index in [1.807, 2.05) is 0 Å². The topological polar surface area (TPSA) is 20.2 Å². The van der Waals surface area contributed by atoms with Crippen LogP contribution in [0, 0.1) is 0 Å². The molecule has 0 bridgehead atoms. The Morgan fingerprint density at radius 3 is 2.79 bits per heavy atom. The predicted octanol–water partition coefficient (Wildman–Crippen LogP) is 2.34. The number of aliphatic hydroxyl groups excluding tert-OH is 1. The molecule has 14 heavy (non-hydrogen) atoms. The monoisotopic (exact) mass is 208 g/mol. The van der Waals surface area contributed by atoms with Gasteiger partial charge in [0.1, 0.15) is 0 Å². The van der Waals surface area contributed by atoms with E-state index >= 15 is 0 Å². The lowest BCUT2D eigenvalue weighted by Gasteiger charge is -2.19. The van der Waals surface area contributed by atoms with Crippen LogP contribution >= 0.6 is 7.92 Å². The largest absolute Gasteiger partial charge is 0.396 e. The van der Waals surface area contributed by atoms with Gasteiger partial charge in [-0.2, -0.15) is 0 Å². The molecular formula is C12H17OP. The van der Waals surface area contributed by atoms with E-state index in [1.165, 1.54) is 24.3 Å². The molecule has 0 aromatic heterocycles. The number of rotatable bonds is 3. The number of hydrogen-bond acceptors (Lipinski definition) is 1. The number of aliphatic hydroxyl groups is 1. The summed E-state index contributed by atoms with van der Waals surface area (Å²) in [5, 5.41) is 10.5. The maximum atomic E-state index is 9.00. The molecule has 2 heteroatoms. The van der Waals surface area contributed by atoms with Gasteiger partial charge in [0.25, 0.3) is 0 Å². The molecule has 0 radical (unpaired) electrons. The smallest absolute Gasteiger partial charge is 0.0437 e. The first-order chi connectivity index (χ1) is 6.92. The molecule has 0 aliphatic carbocycles. The van der Waals surface area contributed by atoms with Crippen LogP contribution in [-0.4, -0.2) is 23.5 Å². The standard InChI is InChI=1S/C12H17OP/c13-9-8-12-7-4-10-14(12)11-5-2-1-3-6-11/h1-3,5-6,12-13H,4,7-10H2/t12-,14+/m1/s1. The van der Waals surface area contributed by atoms with Gasteiger partial charge < -0.3 is 5.11 Å². The van der Waals surface area contributed by atoms with Crippen molar-refractivity contribution in [3.05, 3.63) is 30.3 Å². The van der Waals surface area contributed by atoms with Crippen molar-refractivity contribution in [1.29, 1.82) is 0 Å². The maximum absolute atomic E-state index is 9.00. The Morgan fingerprint density at radius 1 is 1.29 bits per heavy atom. The highest BCUT2D eigenvalue weighted by Crippen LogP contribution is 2.50. The Morgan fingerprint density at radius 2 is 2.07 bits per heavy atom. The van der Waals surface area contributed by atoms with Crippen LogP contribution in [0.25, 0.3) is 0 Å². The molecule has 0 unspecified atom stereocenters. The third-order valence-electron chi connectivity index (χ3n) is 2.93. The van der Waals surface area contributed by atoms with E-state index in [9.17, 15) is 0 Å². The van der Waals surface area contributed by atoms with Gasteiger partial charge in [0.2, 0.25) is 0 Å². The summed E-state index contributed by atoms with van der Waals surface area (Å²) < 4.78 is 0. The molecule has 1 saturated heterocycles. The Labute approximate surface area is 86.9 Å². The minimum atomic E-state index is 0.0305. The predicted molar refractivity (Wildman–Crippen MR) is 62.6 cm³/mol. The van der Waals surface area contributed by atoms with E-state index in [2.05, 4.69) is 30.3 Å². The lowest BCUT2D eigenvalue weighted by Crippen LogP contribution is -2.10. The summed E-state index contributed by atoms with van der Waals surface area (Å²) in [6.45, 7) is 0.357. The summed E-state index contributed by atoms with van der Waals surface area (Å²) in [5.74, 6) is 0. The summed E-state index contributed by atoms with van der Waals surface area (Å²) in [7, 11) is 0.0305. The molecule has 0 amide bonds. The van der Waals surface area contributed by atoms with E-state index in [1.54, 1.807) is 0 Å². The first kappa shape index (κ1) is 10.1. The third kappa shape index (κ3) is 2.16. The van der Waals surface area contributed by atoms with Crippen LogP contribution in [-0.2, 0) is 0 Å². The van der Waals surface area contributed by atoms with Crippen LogP contribution in [0.2, 0.25) is 0 Å². The molecule has 1 nitrogen and oxygen atoms in total. The lowest BCUT2D eigenvalue weighted by atomic mass is 10.2. The van der Waals surface area contributed by atoms with Crippen molar-refractivity contribution >= 4 is 13.2 Å².